The summed E-state index contributed by atoms with van der Waals surface area (Å²) in [6.45, 7) is 7.66. The number of morpholine rings is 1. The summed E-state index contributed by atoms with van der Waals surface area (Å²) in [5.41, 5.74) is 0.631. The van der Waals surface area contributed by atoms with Gasteiger partial charge in [0.05, 0.1) is 13.2 Å². The number of amides is 1. The first-order valence-corrected chi connectivity index (χ1v) is 9.48. The number of hydrogen-bond acceptors (Lipinski definition) is 3. The van der Waals surface area contributed by atoms with Crippen LogP contribution in [-0.2, 0) is 16.0 Å². The number of ether oxygens (including phenoxy) is 1. The maximum Gasteiger partial charge on any atom is 0.222 e. The molecule has 0 N–H and O–H groups in total. The van der Waals surface area contributed by atoms with Gasteiger partial charge in [-0.2, -0.15) is 0 Å². The second kappa shape index (κ2) is 8.77. The zero-order chi connectivity index (χ0) is 17.6. The predicted octanol–water partition coefficient (Wildman–Crippen LogP) is 2.72. The largest absolute Gasteiger partial charge is 0.379 e. The van der Waals surface area contributed by atoms with Crippen molar-refractivity contribution in [1.82, 2.24) is 9.80 Å². The average molecular weight is 348 g/mol. The van der Waals surface area contributed by atoms with Gasteiger partial charge in [0.25, 0.3) is 0 Å². The lowest BCUT2D eigenvalue weighted by Gasteiger charge is -2.41. The Balaban J connectivity index is 1.43. The molecule has 0 radical (unpaired) electrons. The number of carbonyl (C=O) groups excluding carboxylic acids is 1. The number of nitrogens with zero attached hydrogens (tertiary/aromatic N) is 2. The number of piperidine rings is 1. The molecule has 0 aromatic heterocycles. The van der Waals surface area contributed by atoms with Gasteiger partial charge in [-0.3, -0.25) is 9.69 Å². The van der Waals surface area contributed by atoms with Crippen LogP contribution in [0.1, 0.15) is 31.7 Å². The molecule has 5 heteroatoms. The van der Waals surface area contributed by atoms with Crippen LogP contribution in [0.25, 0.3) is 0 Å². The molecule has 3 rings (SSSR count). The summed E-state index contributed by atoms with van der Waals surface area (Å²) >= 11 is 0. The summed E-state index contributed by atoms with van der Waals surface area (Å²) in [4.78, 5) is 16.9. The number of hydrogen-bond donors (Lipinski definition) is 0. The van der Waals surface area contributed by atoms with Crippen LogP contribution in [0.4, 0.5) is 4.39 Å². The van der Waals surface area contributed by atoms with Crippen LogP contribution < -0.4 is 0 Å². The van der Waals surface area contributed by atoms with Gasteiger partial charge in [0.15, 0.2) is 0 Å². The monoisotopic (exact) mass is 348 g/mol. The fourth-order valence-corrected chi connectivity index (χ4v) is 4.02. The molecule has 1 aromatic rings. The molecular weight excluding hydrogens is 319 g/mol. The van der Waals surface area contributed by atoms with Crippen molar-refractivity contribution in [2.75, 3.05) is 39.4 Å². The Morgan fingerprint density at radius 2 is 1.88 bits per heavy atom. The molecule has 1 aromatic carbocycles. The molecule has 0 saturated carbocycles. The minimum absolute atomic E-state index is 0.153. The van der Waals surface area contributed by atoms with E-state index in [0.29, 0.717) is 30.4 Å². The Morgan fingerprint density at radius 3 is 2.56 bits per heavy atom. The first-order valence-electron chi connectivity index (χ1n) is 9.48. The summed E-state index contributed by atoms with van der Waals surface area (Å²) in [6.07, 6.45) is 2.99. The first kappa shape index (κ1) is 18.3. The fourth-order valence-electron chi connectivity index (χ4n) is 4.02. The van der Waals surface area contributed by atoms with E-state index in [2.05, 4.69) is 11.8 Å². The van der Waals surface area contributed by atoms with E-state index in [-0.39, 0.29) is 11.7 Å². The van der Waals surface area contributed by atoms with Crippen molar-refractivity contribution >= 4 is 5.91 Å². The zero-order valence-corrected chi connectivity index (χ0v) is 15.1. The predicted molar refractivity (Wildman–Crippen MR) is 95.9 cm³/mol. The van der Waals surface area contributed by atoms with Crippen molar-refractivity contribution in [3.05, 3.63) is 35.6 Å². The molecule has 0 bridgehead atoms. The highest BCUT2D eigenvalue weighted by Crippen LogP contribution is 2.25. The smallest absolute Gasteiger partial charge is 0.222 e. The van der Waals surface area contributed by atoms with Crippen LogP contribution in [0, 0.1) is 11.7 Å². The van der Waals surface area contributed by atoms with Gasteiger partial charge >= 0.3 is 0 Å². The molecule has 1 atom stereocenters. The minimum Gasteiger partial charge on any atom is -0.379 e. The SMILES string of the molecule is C[C@@H](C1CCN(C(=O)CCc2ccccc2F)CC1)N1CCOCC1. The van der Waals surface area contributed by atoms with Gasteiger partial charge < -0.3 is 9.64 Å². The summed E-state index contributed by atoms with van der Waals surface area (Å²) < 4.78 is 19.1. The summed E-state index contributed by atoms with van der Waals surface area (Å²) in [5, 5.41) is 0. The summed E-state index contributed by atoms with van der Waals surface area (Å²) in [6, 6.07) is 7.28. The van der Waals surface area contributed by atoms with Crippen LogP contribution in [0.15, 0.2) is 24.3 Å². The van der Waals surface area contributed by atoms with Crippen LogP contribution in [0.3, 0.4) is 0 Å². The first-order chi connectivity index (χ1) is 12.1. The van der Waals surface area contributed by atoms with Gasteiger partial charge in [-0.05, 0) is 43.7 Å². The van der Waals surface area contributed by atoms with Gasteiger partial charge in [0.2, 0.25) is 5.91 Å². The molecule has 4 nitrogen and oxygen atoms in total. The second-order valence-corrected chi connectivity index (χ2v) is 7.20. The van der Waals surface area contributed by atoms with E-state index in [1.165, 1.54) is 6.07 Å². The van der Waals surface area contributed by atoms with Gasteiger partial charge in [0, 0.05) is 38.6 Å². The lowest BCUT2D eigenvalue weighted by atomic mass is 9.89. The van der Waals surface area contributed by atoms with Crippen LogP contribution >= 0.6 is 0 Å². The fraction of sp³-hybridized carbons (Fsp3) is 0.650. The van der Waals surface area contributed by atoms with Crippen molar-refractivity contribution in [2.24, 2.45) is 5.92 Å². The zero-order valence-electron chi connectivity index (χ0n) is 15.1. The summed E-state index contributed by atoms with van der Waals surface area (Å²) in [7, 11) is 0. The number of likely N-dealkylation sites (tertiary alicyclic amines) is 1. The van der Waals surface area contributed by atoms with Crippen molar-refractivity contribution in [2.45, 2.75) is 38.6 Å². The standard InChI is InChI=1S/C20H29FN2O2/c1-16(22-12-14-25-15-13-22)17-8-10-23(11-9-17)20(24)7-6-18-4-2-3-5-19(18)21/h2-5,16-17H,6-15H2,1H3/t16-/m0/s1. The molecule has 2 heterocycles. The van der Waals surface area contributed by atoms with E-state index in [4.69, 9.17) is 4.74 Å². The van der Waals surface area contributed by atoms with E-state index >= 15 is 0 Å². The third-order valence-electron chi connectivity index (χ3n) is 5.76. The molecule has 2 fully saturated rings. The Morgan fingerprint density at radius 1 is 1.20 bits per heavy atom. The number of rotatable bonds is 5. The van der Waals surface area contributed by atoms with E-state index in [9.17, 15) is 9.18 Å². The number of halogens is 1. The topological polar surface area (TPSA) is 32.8 Å². The molecule has 0 spiro atoms. The van der Waals surface area contributed by atoms with Gasteiger partial charge in [-0.15, -0.1) is 0 Å². The highest BCUT2D eigenvalue weighted by Gasteiger charge is 2.29. The van der Waals surface area contributed by atoms with E-state index < -0.39 is 0 Å². The minimum atomic E-state index is -0.214. The Bertz CT molecular complexity index is 567. The van der Waals surface area contributed by atoms with Crippen LogP contribution in [0.5, 0.6) is 0 Å². The van der Waals surface area contributed by atoms with Crippen LogP contribution in [-0.4, -0.2) is 61.1 Å². The molecule has 2 saturated heterocycles. The van der Waals surface area contributed by atoms with Crippen molar-refractivity contribution in [1.29, 1.82) is 0 Å². The normalized spacial score (nSPS) is 21.3. The third kappa shape index (κ3) is 4.79. The molecule has 0 aliphatic carbocycles. The van der Waals surface area contributed by atoms with Crippen LogP contribution in [0.2, 0.25) is 0 Å². The van der Waals surface area contributed by atoms with Crippen molar-refractivity contribution < 1.29 is 13.9 Å². The Labute approximate surface area is 149 Å². The molecule has 138 valence electrons. The maximum atomic E-state index is 13.7. The number of carbonyl (C=O) groups is 1. The molecule has 2 aliphatic rings. The number of benzene rings is 1. The van der Waals surface area contributed by atoms with Crippen molar-refractivity contribution in [3.63, 3.8) is 0 Å². The lowest BCUT2D eigenvalue weighted by molar-refractivity contribution is -0.133. The summed E-state index contributed by atoms with van der Waals surface area (Å²) in [5.74, 6) is 0.586. The number of aryl methyl sites for hydroxylation is 1. The second-order valence-electron chi connectivity index (χ2n) is 7.20. The van der Waals surface area contributed by atoms with E-state index in [0.717, 1.165) is 52.2 Å². The van der Waals surface area contributed by atoms with E-state index in [1.807, 2.05) is 11.0 Å². The molecule has 1 amide bonds. The maximum absolute atomic E-state index is 13.7. The molecule has 2 aliphatic heterocycles. The molecule has 25 heavy (non-hydrogen) atoms. The van der Waals surface area contributed by atoms with Crippen molar-refractivity contribution in [3.8, 4) is 0 Å². The third-order valence-corrected chi connectivity index (χ3v) is 5.76. The Hall–Kier alpha value is -1.46. The highest BCUT2D eigenvalue weighted by molar-refractivity contribution is 5.76. The average Bonchev–Trinajstić information content (AvgIpc) is 2.67. The van der Waals surface area contributed by atoms with E-state index in [1.54, 1.807) is 12.1 Å². The van der Waals surface area contributed by atoms with Gasteiger partial charge in [-0.1, -0.05) is 18.2 Å². The highest BCUT2D eigenvalue weighted by atomic mass is 19.1. The lowest BCUT2D eigenvalue weighted by Crippen LogP contribution is -2.49. The van der Waals surface area contributed by atoms with Gasteiger partial charge in [0.1, 0.15) is 5.82 Å². The Kier molecular flexibility index (Phi) is 6.43. The molecule has 0 unspecified atom stereocenters. The van der Waals surface area contributed by atoms with Gasteiger partial charge in [-0.25, -0.2) is 4.39 Å². The molecular formula is C20H29FN2O2. The quantitative estimate of drug-likeness (QED) is 0.820.